The Bertz CT molecular complexity index is 752. The Balaban J connectivity index is 0.00000243. The van der Waals surface area contributed by atoms with Gasteiger partial charge in [0.2, 0.25) is 6.79 Å². The second-order valence-corrected chi connectivity index (χ2v) is 5.45. The van der Waals surface area contributed by atoms with E-state index in [4.69, 9.17) is 24.7 Å². The van der Waals surface area contributed by atoms with Gasteiger partial charge >= 0.3 is 0 Å². The molecule has 140 valence electrons. The zero-order chi connectivity index (χ0) is 17.6. The van der Waals surface area contributed by atoms with E-state index in [1.54, 1.807) is 36.4 Å². The third-order valence-corrected chi connectivity index (χ3v) is 3.49. The molecule has 0 aromatic heterocycles. The molecular weight excluding hydrogens is 360 g/mol. The molecule has 2 aromatic rings. The summed E-state index contributed by atoms with van der Waals surface area (Å²) in [4.78, 5) is 12.1. The van der Waals surface area contributed by atoms with Crippen LogP contribution in [0.15, 0.2) is 36.4 Å². The normalized spacial score (nSPS) is 11.4. The van der Waals surface area contributed by atoms with Crippen LogP contribution in [0.3, 0.4) is 0 Å². The van der Waals surface area contributed by atoms with Gasteiger partial charge in [-0.25, -0.2) is 0 Å². The van der Waals surface area contributed by atoms with E-state index in [9.17, 15) is 4.79 Å². The molecule has 1 aliphatic rings. The Kier molecular flexibility index (Phi) is 6.80. The number of carbonyl (C=O) groups excluding carboxylic acids is 1. The van der Waals surface area contributed by atoms with E-state index in [-0.39, 0.29) is 31.7 Å². The average Bonchev–Trinajstić information content (AvgIpc) is 3.06. The Morgan fingerprint density at radius 1 is 1.12 bits per heavy atom. The van der Waals surface area contributed by atoms with E-state index in [0.29, 0.717) is 35.2 Å². The Labute approximate surface area is 157 Å². The molecule has 0 fully saturated rings. The van der Waals surface area contributed by atoms with Crippen molar-refractivity contribution in [2.24, 2.45) is 0 Å². The van der Waals surface area contributed by atoms with E-state index >= 15 is 0 Å². The highest BCUT2D eigenvalue weighted by molar-refractivity contribution is 5.95. The van der Waals surface area contributed by atoms with E-state index in [2.05, 4.69) is 5.32 Å². The van der Waals surface area contributed by atoms with Crippen molar-refractivity contribution in [1.82, 2.24) is 0 Å². The number of ether oxygens (including phenoxy) is 4. The number of hydrogen-bond acceptors (Lipinski definition) is 6. The van der Waals surface area contributed by atoms with Crippen LogP contribution in [0.25, 0.3) is 0 Å². The van der Waals surface area contributed by atoms with Gasteiger partial charge in [-0.3, -0.25) is 4.79 Å². The van der Waals surface area contributed by atoms with Crippen molar-refractivity contribution in [3.8, 4) is 23.0 Å². The molecule has 8 heteroatoms. The molecule has 2 aromatic carbocycles. The molecule has 3 N–H and O–H groups in total. The minimum atomic E-state index is -0.322. The number of hydrogen-bond donors (Lipinski definition) is 2. The minimum Gasteiger partial charge on any atom is -0.494 e. The highest BCUT2D eigenvalue weighted by Crippen LogP contribution is 2.38. The Morgan fingerprint density at radius 2 is 1.73 bits per heavy atom. The van der Waals surface area contributed by atoms with Crippen LogP contribution in [0, 0.1) is 0 Å². The molecule has 0 spiro atoms. The van der Waals surface area contributed by atoms with Crippen LogP contribution in [-0.2, 0) is 4.79 Å². The van der Waals surface area contributed by atoms with E-state index < -0.39 is 0 Å². The van der Waals surface area contributed by atoms with Gasteiger partial charge in [0.15, 0.2) is 18.1 Å². The first-order chi connectivity index (χ1) is 12.2. The quantitative estimate of drug-likeness (QED) is 0.716. The van der Waals surface area contributed by atoms with Gasteiger partial charge in [-0.05, 0) is 30.7 Å². The lowest BCUT2D eigenvalue weighted by Crippen LogP contribution is -2.20. The van der Waals surface area contributed by atoms with Crippen molar-refractivity contribution >= 4 is 29.7 Å². The summed E-state index contributed by atoms with van der Waals surface area (Å²) in [6.45, 7) is 2.72. The molecule has 26 heavy (non-hydrogen) atoms. The summed E-state index contributed by atoms with van der Waals surface area (Å²) >= 11 is 0. The topological polar surface area (TPSA) is 92.0 Å². The number of halogens is 1. The largest absolute Gasteiger partial charge is 0.494 e. The maximum absolute atomic E-state index is 12.1. The summed E-state index contributed by atoms with van der Waals surface area (Å²) in [7, 11) is 0. The summed E-state index contributed by atoms with van der Waals surface area (Å²) in [6, 6.07) is 10.4. The van der Waals surface area contributed by atoms with E-state index in [1.807, 2.05) is 6.92 Å². The maximum Gasteiger partial charge on any atom is 0.262 e. The smallest absolute Gasteiger partial charge is 0.262 e. The van der Waals surface area contributed by atoms with E-state index in [1.165, 1.54) is 0 Å². The third kappa shape index (κ3) is 4.86. The molecule has 1 amide bonds. The highest BCUT2D eigenvalue weighted by atomic mass is 35.5. The maximum atomic E-state index is 12.1. The molecule has 0 radical (unpaired) electrons. The first-order valence-electron chi connectivity index (χ1n) is 8.00. The molecule has 0 saturated heterocycles. The number of benzene rings is 2. The monoisotopic (exact) mass is 380 g/mol. The van der Waals surface area contributed by atoms with Crippen molar-refractivity contribution in [2.75, 3.05) is 31.1 Å². The number of nitrogens with one attached hydrogen (secondary N) is 1. The summed E-state index contributed by atoms with van der Waals surface area (Å²) in [5.74, 6) is 2.14. The predicted molar refractivity (Wildman–Crippen MR) is 101 cm³/mol. The van der Waals surface area contributed by atoms with Crippen LogP contribution in [0.1, 0.15) is 13.3 Å². The lowest BCUT2D eigenvalue weighted by atomic mass is 10.2. The van der Waals surface area contributed by atoms with Gasteiger partial charge in [0.1, 0.15) is 11.5 Å². The first-order valence-corrected chi connectivity index (χ1v) is 8.00. The number of carbonyl (C=O) groups is 1. The van der Waals surface area contributed by atoms with E-state index in [0.717, 1.165) is 12.2 Å². The number of nitrogen functional groups attached to an aromatic ring is 1. The SMILES string of the molecule is CCCOc1ccc(OCC(=O)Nc2cc3c(cc2N)OCO3)cc1.Cl. The second kappa shape index (κ2) is 9.05. The molecule has 0 saturated carbocycles. The van der Waals surface area contributed by atoms with Crippen molar-refractivity contribution in [2.45, 2.75) is 13.3 Å². The fourth-order valence-corrected chi connectivity index (χ4v) is 2.25. The summed E-state index contributed by atoms with van der Waals surface area (Å²) in [5.41, 5.74) is 6.76. The first kappa shape index (κ1) is 19.5. The van der Waals surface area contributed by atoms with Crippen LogP contribution in [0.4, 0.5) is 11.4 Å². The molecule has 0 aliphatic carbocycles. The highest BCUT2D eigenvalue weighted by Gasteiger charge is 2.17. The van der Waals surface area contributed by atoms with Crippen LogP contribution >= 0.6 is 12.4 Å². The standard InChI is InChI=1S/C18H20N2O5.ClH/c1-2-7-22-12-3-5-13(6-4-12)23-10-18(21)20-15-9-17-16(8-14(15)19)24-11-25-17;/h3-6,8-9H,2,7,10-11,19H2,1H3,(H,20,21);1H. The van der Waals surface area contributed by atoms with Crippen LogP contribution in [0.5, 0.6) is 23.0 Å². The van der Waals surface area contributed by atoms with Crippen LogP contribution in [-0.4, -0.2) is 25.9 Å². The molecule has 0 atom stereocenters. The molecular formula is C18H21ClN2O5. The summed E-state index contributed by atoms with van der Waals surface area (Å²) < 4.78 is 21.5. The fourth-order valence-electron chi connectivity index (χ4n) is 2.25. The summed E-state index contributed by atoms with van der Waals surface area (Å²) in [6.07, 6.45) is 0.946. The van der Waals surface area contributed by atoms with Crippen LogP contribution < -0.4 is 30.0 Å². The second-order valence-electron chi connectivity index (χ2n) is 5.45. The van der Waals surface area contributed by atoms with Crippen molar-refractivity contribution < 1.29 is 23.7 Å². The Hall–Kier alpha value is -2.80. The van der Waals surface area contributed by atoms with Crippen molar-refractivity contribution in [1.29, 1.82) is 0 Å². The minimum absolute atomic E-state index is 0. The zero-order valence-corrected chi connectivity index (χ0v) is 15.1. The van der Waals surface area contributed by atoms with Gasteiger partial charge in [-0.15, -0.1) is 12.4 Å². The molecule has 3 rings (SSSR count). The van der Waals surface area contributed by atoms with Gasteiger partial charge in [-0.2, -0.15) is 0 Å². The predicted octanol–water partition coefficient (Wildman–Crippen LogP) is 3.23. The van der Waals surface area contributed by atoms with Crippen molar-refractivity contribution in [3.63, 3.8) is 0 Å². The van der Waals surface area contributed by atoms with Gasteiger partial charge in [0, 0.05) is 12.1 Å². The number of amides is 1. The number of anilines is 2. The zero-order valence-electron chi connectivity index (χ0n) is 14.3. The van der Waals surface area contributed by atoms with Gasteiger partial charge in [-0.1, -0.05) is 6.92 Å². The lowest BCUT2D eigenvalue weighted by molar-refractivity contribution is -0.118. The molecule has 1 heterocycles. The number of nitrogens with two attached hydrogens (primary N) is 1. The molecule has 7 nitrogen and oxygen atoms in total. The van der Waals surface area contributed by atoms with Gasteiger partial charge in [0.05, 0.1) is 18.0 Å². The molecule has 1 aliphatic heterocycles. The van der Waals surface area contributed by atoms with Gasteiger partial charge in [0.25, 0.3) is 5.91 Å². The molecule has 0 bridgehead atoms. The van der Waals surface area contributed by atoms with Crippen LogP contribution in [0.2, 0.25) is 0 Å². The van der Waals surface area contributed by atoms with Gasteiger partial charge < -0.3 is 30.0 Å². The van der Waals surface area contributed by atoms with Crippen molar-refractivity contribution in [3.05, 3.63) is 36.4 Å². The fraction of sp³-hybridized carbons (Fsp3) is 0.278. The Morgan fingerprint density at radius 3 is 2.38 bits per heavy atom. The summed E-state index contributed by atoms with van der Waals surface area (Å²) in [5, 5.41) is 2.70. The third-order valence-electron chi connectivity index (χ3n) is 3.49. The molecule has 0 unspecified atom stereocenters. The number of rotatable bonds is 7. The average molecular weight is 381 g/mol. The number of fused-ring (bicyclic) bond motifs is 1. The lowest BCUT2D eigenvalue weighted by Gasteiger charge is -2.11.